The number of ether oxygens (including phenoxy) is 1. The van der Waals surface area contributed by atoms with Crippen molar-refractivity contribution >= 4 is 5.91 Å². The van der Waals surface area contributed by atoms with Crippen LogP contribution in [0.4, 0.5) is 4.39 Å². The van der Waals surface area contributed by atoms with Gasteiger partial charge in [-0.15, -0.1) is 0 Å². The highest BCUT2D eigenvalue weighted by Crippen LogP contribution is 2.20. The summed E-state index contributed by atoms with van der Waals surface area (Å²) in [5.74, 6) is 0.487. The number of hydrogen-bond acceptors (Lipinski definition) is 5. The number of aliphatic hydroxyl groups excluding tert-OH is 2. The molecular formula is C21H33FN2O4. The highest BCUT2D eigenvalue weighted by atomic mass is 19.1. The van der Waals surface area contributed by atoms with Gasteiger partial charge in [0.2, 0.25) is 5.91 Å². The third-order valence-electron chi connectivity index (χ3n) is 4.93. The lowest BCUT2D eigenvalue weighted by molar-refractivity contribution is -0.136. The highest BCUT2D eigenvalue weighted by molar-refractivity contribution is 5.79. The predicted octanol–water partition coefficient (Wildman–Crippen LogP) is 1.73. The first kappa shape index (κ1) is 22.6. The molecule has 1 fully saturated rings. The molecule has 2 rings (SSSR count). The molecule has 1 heterocycles. The van der Waals surface area contributed by atoms with Crippen molar-refractivity contribution < 1.29 is 24.1 Å². The molecule has 158 valence electrons. The molecule has 3 N–H and O–H groups in total. The van der Waals surface area contributed by atoms with E-state index in [9.17, 15) is 14.3 Å². The summed E-state index contributed by atoms with van der Waals surface area (Å²) in [6.07, 6.45) is 2.76. The fraction of sp³-hybridized carbons (Fsp3) is 0.667. The van der Waals surface area contributed by atoms with Crippen LogP contribution in [0.15, 0.2) is 18.2 Å². The molecule has 1 amide bonds. The van der Waals surface area contributed by atoms with E-state index in [0.717, 1.165) is 32.4 Å². The van der Waals surface area contributed by atoms with Gasteiger partial charge in [-0.25, -0.2) is 4.39 Å². The molecule has 1 aliphatic heterocycles. The summed E-state index contributed by atoms with van der Waals surface area (Å²) in [5.41, 5.74) is 0.403. The van der Waals surface area contributed by atoms with Gasteiger partial charge >= 0.3 is 0 Å². The van der Waals surface area contributed by atoms with E-state index in [1.807, 2.05) is 6.92 Å². The second kappa shape index (κ2) is 12.0. The predicted molar refractivity (Wildman–Crippen MR) is 106 cm³/mol. The molecule has 0 saturated carbocycles. The van der Waals surface area contributed by atoms with Crippen LogP contribution in [-0.2, 0) is 11.2 Å². The minimum absolute atomic E-state index is 0.0460. The van der Waals surface area contributed by atoms with Crippen molar-refractivity contribution in [3.63, 3.8) is 0 Å². The van der Waals surface area contributed by atoms with Crippen LogP contribution in [0.1, 0.15) is 38.2 Å². The summed E-state index contributed by atoms with van der Waals surface area (Å²) in [6, 6.07) is 4.69. The van der Waals surface area contributed by atoms with Crippen LogP contribution >= 0.6 is 0 Å². The molecule has 1 atom stereocenters. The number of carbonyl (C=O) groups is 1. The summed E-state index contributed by atoms with van der Waals surface area (Å²) < 4.78 is 19.6. The summed E-state index contributed by atoms with van der Waals surface area (Å²) in [7, 11) is 0. The molecule has 6 nitrogen and oxygen atoms in total. The SMILES string of the molecule is CCCOc1ccc(CC(=O)N2CC(CNCCCC[C@H](O)CO)C2)c(F)c1. The Morgan fingerprint density at radius 1 is 1.39 bits per heavy atom. The van der Waals surface area contributed by atoms with Crippen molar-refractivity contribution in [1.82, 2.24) is 10.2 Å². The number of carbonyl (C=O) groups excluding carboxylic acids is 1. The number of rotatable bonds is 13. The van der Waals surface area contributed by atoms with Gasteiger partial charge in [0.25, 0.3) is 0 Å². The molecule has 0 spiro atoms. The summed E-state index contributed by atoms with van der Waals surface area (Å²) in [4.78, 5) is 14.1. The average Bonchev–Trinajstić information content (AvgIpc) is 2.65. The largest absolute Gasteiger partial charge is 0.494 e. The van der Waals surface area contributed by atoms with Gasteiger partial charge in [-0.05, 0) is 43.9 Å². The number of benzene rings is 1. The molecule has 1 aromatic rings. The van der Waals surface area contributed by atoms with Gasteiger partial charge in [-0.2, -0.15) is 0 Å². The van der Waals surface area contributed by atoms with Gasteiger partial charge in [0.1, 0.15) is 11.6 Å². The van der Waals surface area contributed by atoms with E-state index < -0.39 is 11.9 Å². The van der Waals surface area contributed by atoms with Crippen LogP contribution in [-0.4, -0.2) is 66.5 Å². The lowest BCUT2D eigenvalue weighted by Gasteiger charge is -2.39. The summed E-state index contributed by atoms with van der Waals surface area (Å²) in [5, 5.41) is 21.4. The van der Waals surface area contributed by atoms with Crippen molar-refractivity contribution in [2.24, 2.45) is 5.92 Å². The van der Waals surface area contributed by atoms with Crippen LogP contribution in [0.3, 0.4) is 0 Å². The Kier molecular flexibility index (Phi) is 9.67. The Balaban J connectivity index is 1.60. The number of hydrogen-bond donors (Lipinski definition) is 3. The van der Waals surface area contributed by atoms with Gasteiger partial charge in [0, 0.05) is 31.6 Å². The molecule has 0 radical (unpaired) electrons. The van der Waals surface area contributed by atoms with Crippen molar-refractivity contribution in [1.29, 1.82) is 0 Å². The zero-order chi connectivity index (χ0) is 20.4. The van der Waals surface area contributed by atoms with Gasteiger partial charge in [-0.3, -0.25) is 4.79 Å². The Morgan fingerprint density at radius 3 is 2.86 bits per heavy atom. The fourth-order valence-corrected chi connectivity index (χ4v) is 3.19. The smallest absolute Gasteiger partial charge is 0.227 e. The van der Waals surface area contributed by atoms with E-state index in [2.05, 4.69) is 5.32 Å². The van der Waals surface area contributed by atoms with E-state index in [0.29, 0.717) is 43.3 Å². The molecule has 1 aliphatic rings. The van der Waals surface area contributed by atoms with Crippen molar-refractivity contribution in [3.8, 4) is 5.75 Å². The summed E-state index contributed by atoms with van der Waals surface area (Å²) in [6.45, 7) is 5.47. The number of amides is 1. The first-order chi connectivity index (χ1) is 13.5. The molecule has 1 aromatic carbocycles. The molecule has 0 bridgehead atoms. The summed E-state index contributed by atoms with van der Waals surface area (Å²) >= 11 is 0. The van der Waals surface area contributed by atoms with Crippen LogP contribution in [0.5, 0.6) is 5.75 Å². The lowest BCUT2D eigenvalue weighted by atomic mass is 9.98. The third-order valence-corrected chi connectivity index (χ3v) is 4.93. The Hall–Kier alpha value is -1.70. The number of nitrogens with zero attached hydrogens (tertiary/aromatic N) is 1. The van der Waals surface area contributed by atoms with Crippen LogP contribution in [0.25, 0.3) is 0 Å². The average molecular weight is 397 g/mol. The standard InChI is InChI=1S/C21H33FN2O4/c1-2-9-28-19-7-6-17(20(22)11-19)10-21(27)24-13-16(14-24)12-23-8-4-3-5-18(26)15-25/h6-7,11,16,18,23,25-26H,2-5,8-10,12-15H2,1H3/t18-/m0/s1. The fourth-order valence-electron chi connectivity index (χ4n) is 3.19. The number of likely N-dealkylation sites (tertiary alicyclic amines) is 1. The molecular weight excluding hydrogens is 363 g/mol. The second-order valence-corrected chi connectivity index (χ2v) is 7.48. The molecule has 7 heteroatoms. The van der Waals surface area contributed by atoms with E-state index in [-0.39, 0.29) is 18.9 Å². The van der Waals surface area contributed by atoms with Crippen molar-refractivity contribution in [2.75, 3.05) is 39.4 Å². The van der Waals surface area contributed by atoms with Crippen LogP contribution < -0.4 is 10.1 Å². The van der Waals surface area contributed by atoms with E-state index in [1.54, 1.807) is 17.0 Å². The molecule has 28 heavy (non-hydrogen) atoms. The minimum Gasteiger partial charge on any atom is -0.494 e. The highest BCUT2D eigenvalue weighted by Gasteiger charge is 2.30. The van der Waals surface area contributed by atoms with Gasteiger partial charge < -0.3 is 25.2 Å². The van der Waals surface area contributed by atoms with Gasteiger partial charge in [-0.1, -0.05) is 13.0 Å². The van der Waals surface area contributed by atoms with Crippen LogP contribution in [0, 0.1) is 11.7 Å². The molecule has 0 unspecified atom stereocenters. The number of halogens is 1. The van der Waals surface area contributed by atoms with Crippen molar-refractivity contribution in [2.45, 2.75) is 45.1 Å². The lowest BCUT2D eigenvalue weighted by Crippen LogP contribution is -2.53. The molecule has 0 aromatic heterocycles. The second-order valence-electron chi connectivity index (χ2n) is 7.48. The Bertz CT molecular complexity index is 608. The van der Waals surface area contributed by atoms with E-state index in [1.165, 1.54) is 6.07 Å². The minimum atomic E-state index is -0.615. The number of aliphatic hydroxyl groups is 2. The maximum atomic E-state index is 14.2. The Labute approximate surface area is 166 Å². The maximum Gasteiger partial charge on any atom is 0.227 e. The Morgan fingerprint density at radius 2 is 2.18 bits per heavy atom. The number of unbranched alkanes of at least 4 members (excludes halogenated alkanes) is 1. The third kappa shape index (κ3) is 7.37. The first-order valence-corrected chi connectivity index (χ1v) is 10.2. The topological polar surface area (TPSA) is 82.0 Å². The van der Waals surface area contributed by atoms with Crippen LogP contribution in [0.2, 0.25) is 0 Å². The van der Waals surface area contributed by atoms with Crippen molar-refractivity contribution in [3.05, 3.63) is 29.6 Å². The zero-order valence-corrected chi connectivity index (χ0v) is 16.7. The van der Waals surface area contributed by atoms with Gasteiger partial charge in [0.05, 0.1) is 25.7 Å². The molecule has 1 saturated heterocycles. The maximum absolute atomic E-state index is 14.2. The number of nitrogens with one attached hydrogen (secondary N) is 1. The van der Waals surface area contributed by atoms with Gasteiger partial charge in [0.15, 0.2) is 0 Å². The van der Waals surface area contributed by atoms with E-state index >= 15 is 0 Å². The molecule has 0 aliphatic carbocycles. The first-order valence-electron chi connectivity index (χ1n) is 10.2. The van der Waals surface area contributed by atoms with E-state index in [4.69, 9.17) is 9.84 Å². The zero-order valence-electron chi connectivity index (χ0n) is 16.7. The normalized spacial score (nSPS) is 15.4. The quantitative estimate of drug-likeness (QED) is 0.443. The monoisotopic (exact) mass is 396 g/mol.